The summed E-state index contributed by atoms with van der Waals surface area (Å²) < 4.78 is 5.42. The third-order valence-corrected chi connectivity index (χ3v) is 3.55. The van der Waals surface area contributed by atoms with Crippen LogP contribution in [0, 0.1) is 11.3 Å². The minimum Gasteiger partial charge on any atom is -0.444 e. The van der Waals surface area contributed by atoms with Crippen molar-refractivity contribution in [3.05, 3.63) is 0 Å². The fraction of sp³-hybridized carbons (Fsp3) is 0.857. The number of piperidine rings is 1. The quantitative estimate of drug-likeness (QED) is 0.744. The summed E-state index contributed by atoms with van der Waals surface area (Å²) >= 11 is 5.73. The van der Waals surface area contributed by atoms with Crippen molar-refractivity contribution >= 4 is 17.7 Å². The summed E-state index contributed by atoms with van der Waals surface area (Å²) in [7, 11) is 0. The zero-order valence-electron chi connectivity index (χ0n) is 12.0. The van der Waals surface area contributed by atoms with Gasteiger partial charge in [-0.25, -0.2) is 4.79 Å². The molecule has 0 spiro atoms. The van der Waals surface area contributed by atoms with Crippen LogP contribution in [0.25, 0.3) is 0 Å². The first-order valence-electron chi connectivity index (χ1n) is 6.82. The lowest BCUT2D eigenvalue weighted by Crippen LogP contribution is -2.55. The van der Waals surface area contributed by atoms with Crippen LogP contribution in [0.3, 0.4) is 0 Å². The zero-order chi connectivity index (χ0) is 14.5. The van der Waals surface area contributed by atoms with Crippen molar-refractivity contribution in [2.75, 3.05) is 12.4 Å². The monoisotopic (exact) mass is 286 g/mol. The van der Waals surface area contributed by atoms with E-state index in [0.717, 1.165) is 19.3 Å². The van der Waals surface area contributed by atoms with E-state index in [2.05, 4.69) is 6.07 Å². The number of likely N-dealkylation sites (tertiary alicyclic amines) is 1. The van der Waals surface area contributed by atoms with E-state index in [4.69, 9.17) is 16.3 Å². The molecule has 0 aromatic heterocycles. The standard InChI is InChI=1S/C14H23ClN2O2/c1-13(2,3)19-12(18)17-10-5-4-7-14(17,11-16)8-6-9-15/h4-10H2,1-3H3/t14-/m0/s1. The molecule has 0 bridgehead atoms. The van der Waals surface area contributed by atoms with Gasteiger partial charge in [0.15, 0.2) is 0 Å². The molecule has 1 atom stereocenters. The van der Waals surface area contributed by atoms with E-state index in [9.17, 15) is 10.1 Å². The van der Waals surface area contributed by atoms with Crippen LogP contribution in [0.15, 0.2) is 0 Å². The highest BCUT2D eigenvalue weighted by atomic mass is 35.5. The molecular weight excluding hydrogens is 264 g/mol. The fourth-order valence-electron chi connectivity index (χ4n) is 2.41. The number of ether oxygens (including phenoxy) is 1. The lowest BCUT2D eigenvalue weighted by Gasteiger charge is -2.42. The maximum atomic E-state index is 12.3. The number of nitrogens with zero attached hydrogens (tertiary/aromatic N) is 2. The molecule has 0 radical (unpaired) electrons. The molecule has 19 heavy (non-hydrogen) atoms. The third kappa shape index (κ3) is 4.28. The topological polar surface area (TPSA) is 53.3 Å². The van der Waals surface area contributed by atoms with E-state index in [0.29, 0.717) is 25.3 Å². The maximum Gasteiger partial charge on any atom is 0.411 e. The first-order valence-corrected chi connectivity index (χ1v) is 7.36. The van der Waals surface area contributed by atoms with E-state index >= 15 is 0 Å². The molecule has 1 saturated heterocycles. The molecule has 0 saturated carbocycles. The number of nitriles is 1. The zero-order valence-corrected chi connectivity index (χ0v) is 12.8. The van der Waals surface area contributed by atoms with Gasteiger partial charge in [0.1, 0.15) is 11.1 Å². The summed E-state index contributed by atoms with van der Waals surface area (Å²) in [4.78, 5) is 13.9. The molecule has 5 heteroatoms. The van der Waals surface area contributed by atoms with Gasteiger partial charge in [-0.2, -0.15) is 5.26 Å². The van der Waals surface area contributed by atoms with Crippen molar-refractivity contribution in [1.29, 1.82) is 5.26 Å². The second-order valence-corrected chi connectivity index (χ2v) is 6.40. The highest BCUT2D eigenvalue weighted by Gasteiger charge is 2.43. The SMILES string of the molecule is CC(C)(C)OC(=O)N1CCCC[C@@]1(C#N)CCCCl. The van der Waals surface area contributed by atoms with Gasteiger partial charge in [-0.05, 0) is 52.9 Å². The Morgan fingerprint density at radius 2 is 2.16 bits per heavy atom. The van der Waals surface area contributed by atoms with Gasteiger partial charge in [0, 0.05) is 12.4 Å². The van der Waals surface area contributed by atoms with Crippen molar-refractivity contribution in [3.63, 3.8) is 0 Å². The summed E-state index contributed by atoms with van der Waals surface area (Å²) in [6.45, 7) is 6.09. The summed E-state index contributed by atoms with van der Waals surface area (Å²) in [6.07, 6.45) is 3.56. The number of amides is 1. The van der Waals surface area contributed by atoms with Crippen LogP contribution in [0.5, 0.6) is 0 Å². The van der Waals surface area contributed by atoms with Crippen LogP contribution in [-0.2, 0) is 4.74 Å². The predicted molar refractivity (Wildman–Crippen MR) is 75.1 cm³/mol. The highest BCUT2D eigenvalue weighted by Crippen LogP contribution is 2.33. The fourth-order valence-corrected chi connectivity index (χ4v) is 2.54. The largest absolute Gasteiger partial charge is 0.444 e. The van der Waals surface area contributed by atoms with Gasteiger partial charge >= 0.3 is 6.09 Å². The molecule has 0 aliphatic carbocycles. The van der Waals surface area contributed by atoms with E-state index in [1.807, 2.05) is 20.8 Å². The van der Waals surface area contributed by atoms with Crippen LogP contribution < -0.4 is 0 Å². The van der Waals surface area contributed by atoms with Gasteiger partial charge in [-0.3, -0.25) is 4.90 Å². The molecular formula is C14H23ClN2O2. The van der Waals surface area contributed by atoms with E-state index in [1.54, 1.807) is 4.90 Å². The number of carbonyl (C=O) groups excluding carboxylic acids is 1. The minimum atomic E-state index is -0.741. The van der Waals surface area contributed by atoms with Crippen molar-refractivity contribution in [1.82, 2.24) is 4.90 Å². The van der Waals surface area contributed by atoms with E-state index in [-0.39, 0.29) is 6.09 Å². The summed E-state index contributed by atoms with van der Waals surface area (Å²) in [5, 5.41) is 9.54. The lowest BCUT2D eigenvalue weighted by atomic mass is 9.84. The second kappa shape index (κ2) is 6.47. The van der Waals surface area contributed by atoms with E-state index < -0.39 is 11.1 Å². The first kappa shape index (κ1) is 16.1. The number of carbonyl (C=O) groups is 1. The summed E-state index contributed by atoms with van der Waals surface area (Å²) in [6, 6.07) is 2.34. The number of hydrogen-bond acceptors (Lipinski definition) is 3. The molecule has 4 nitrogen and oxygen atoms in total. The van der Waals surface area contributed by atoms with Crippen LogP contribution in [-0.4, -0.2) is 34.6 Å². The maximum absolute atomic E-state index is 12.3. The lowest BCUT2D eigenvalue weighted by molar-refractivity contribution is -0.00418. The molecule has 1 fully saturated rings. The van der Waals surface area contributed by atoms with Crippen LogP contribution in [0.2, 0.25) is 0 Å². The van der Waals surface area contributed by atoms with Crippen molar-refractivity contribution in [2.24, 2.45) is 0 Å². The number of rotatable bonds is 3. The Morgan fingerprint density at radius 3 is 2.68 bits per heavy atom. The van der Waals surface area contributed by atoms with Gasteiger partial charge in [0.25, 0.3) is 0 Å². The Kier molecular flexibility index (Phi) is 5.49. The van der Waals surface area contributed by atoms with Crippen molar-refractivity contribution in [2.45, 2.75) is 64.0 Å². The van der Waals surface area contributed by atoms with Crippen LogP contribution in [0.4, 0.5) is 4.79 Å². The highest BCUT2D eigenvalue weighted by molar-refractivity contribution is 6.17. The minimum absolute atomic E-state index is 0.386. The van der Waals surface area contributed by atoms with Crippen LogP contribution in [0.1, 0.15) is 52.9 Å². The number of hydrogen-bond donors (Lipinski definition) is 0. The Bertz CT molecular complexity index is 359. The van der Waals surface area contributed by atoms with Gasteiger partial charge in [0.05, 0.1) is 6.07 Å². The Labute approximate surface area is 120 Å². The van der Waals surface area contributed by atoms with Crippen LogP contribution >= 0.6 is 11.6 Å². The average molecular weight is 287 g/mol. The predicted octanol–water partition coefficient (Wildman–Crippen LogP) is 3.69. The van der Waals surface area contributed by atoms with Gasteiger partial charge in [-0.1, -0.05) is 0 Å². The second-order valence-electron chi connectivity index (χ2n) is 6.03. The molecule has 1 aliphatic rings. The normalized spacial score (nSPS) is 23.8. The van der Waals surface area contributed by atoms with Gasteiger partial charge < -0.3 is 4.74 Å². The average Bonchev–Trinajstić information content (AvgIpc) is 2.34. The number of alkyl halides is 1. The third-order valence-electron chi connectivity index (χ3n) is 3.28. The molecule has 108 valence electrons. The molecule has 0 aromatic carbocycles. The Morgan fingerprint density at radius 1 is 1.47 bits per heavy atom. The summed E-state index contributed by atoms with van der Waals surface area (Å²) in [5.41, 5.74) is -1.28. The molecule has 0 aromatic rings. The van der Waals surface area contributed by atoms with Crippen molar-refractivity contribution in [3.8, 4) is 6.07 Å². The number of halogens is 1. The van der Waals surface area contributed by atoms with Crippen molar-refractivity contribution < 1.29 is 9.53 Å². The Hall–Kier alpha value is -0.950. The smallest absolute Gasteiger partial charge is 0.411 e. The van der Waals surface area contributed by atoms with Gasteiger partial charge in [-0.15, -0.1) is 11.6 Å². The summed E-state index contributed by atoms with van der Waals surface area (Å²) in [5.74, 6) is 0.506. The van der Waals surface area contributed by atoms with E-state index in [1.165, 1.54) is 0 Å². The molecule has 0 unspecified atom stereocenters. The molecule has 1 amide bonds. The molecule has 0 N–H and O–H groups in total. The Balaban J connectivity index is 2.87. The first-order chi connectivity index (χ1) is 8.84. The van der Waals surface area contributed by atoms with Gasteiger partial charge in [0.2, 0.25) is 0 Å². The molecule has 1 rings (SSSR count). The molecule has 1 aliphatic heterocycles. The molecule has 1 heterocycles.